The molecule has 122 valence electrons. The van der Waals surface area contributed by atoms with Gasteiger partial charge in [-0.15, -0.1) is 0 Å². The third-order valence-electron chi connectivity index (χ3n) is 4.50. The average molecular weight is 314 g/mol. The molecule has 1 aliphatic carbocycles. The maximum atomic E-state index is 11.0. The molecule has 0 saturated heterocycles. The Balaban J connectivity index is 1.47. The molecule has 1 aromatic carbocycles. The Morgan fingerprint density at radius 2 is 1.96 bits per heavy atom. The first-order valence-electron chi connectivity index (χ1n) is 8.12. The van der Waals surface area contributed by atoms with Gasteiger partial charge in [-0.05, 0) is 37.2 Å². The molecule has 0 bridgehead atoms. The van der Waals surface area contributed by atoms with E-state index in [1.807, 2.05) is 41.2 Å². The van der Waals surface area contributed by atoms with Gasteiger partial charge in [0.1, 0.15) is 6.61 Å². The number of carboxylic acid groups (broad SMARTS) is 1. The molecule has 3 rings (SSSR count). The molecule has 1 aromatic heterocycles. The highest BCUT2D eigenvalue weighted by molar-refractivity contribution is 5.69. The number of carbonyl (C=O) groups is 1. The number of hydrogen-bond donors (Lipinski definition) is 1. The second-order valence-electron chi connectivity index (χ2n) is 6.23. The van der Waals surface area contributed by atoms with Gasteiger partial charge in [0.2, 0.25) is 0 Å². The standard InChI is InChI=1S/C18H22N2O3/c21-18(22)16-8-6-14(7-9-16)11-20-12-17(10-19-20)23-13-15-4-2-1-3-5-15/h1-5,10,12,14,16H,6-9,11,13H2,(H,21,22). The molecule has 1 N–H and O–H groups in total. The van der Waals surface area contributed by atoms with Crippen LogP contribution in [-0.4, -0.2) is 20.9 Å². The van der Waals surface area contributed by atoms with E-state index in [2.05, 4.69) is 5.10 Å². The van der Waals surface area contributed by atoms with Crippen molar-refractivity contribution in [2.75, 3.05) is 0 Å². The van der Waals surface area contributed by atoms with E-state index in [9.17, 15) is 4.79 Å². The Morgan fingerprint density at radius 1 is 1.22 bits per heavy atom. The lowest BCUT2D eigenvalue weighted by Crippen LogP contribution is -2.23. The number of ether oxygens (including phenoxy) is 1. The second-order valence-corrected chi connectivity index (χ2v) is 6.23. The number of carboxylic acids is 1. The molecular formula is C18H22N2O3. The summed E-state index contributed by atoms with van der Waals surface area (Å²) >= 11 is 0. The molecule has 0 atom stereocenters. The van der Waals surface area contributed by atoms with E-state index < -0.39 is 5.97 Å². The summed E-state index contributed by atoms with van der Waals surface area (Å²) in [4.78, 5) is 11.0. The number of aliphatic carboxylic acids is 1. The van der Waals surface area contributed by atoms with Crippen molar-refractivity contribution in [2.24, 2.45) is 11.8 Å². The van der Waals surface area contributed by atoms with Crippen LogP contribution in [-0.2, 0) is 17.9 Å². The second kappa shape index (κ2) is 7.31. The Bertz CT molecular complexity index is 631. The first-order chi connectivity index (χ1) is 11.2. The molecule has 0 amide bonds. The van der Waals surface area contributed by atoms with Gasteiger partial charge in [-0.3, -0.25) is 9.48 Å². The minimum atomic E-state index is -0.654. The van der Waals surface area contributed by atoms with Crippen molar-refractivity contribution in [1.82, 2.24) is 9.78 Å². The van der Waals surface area contributed by atoms with E-state index in [0.29, 0.717) is 12.5 Å². The smallest absolute Gasteiger partial charge is 0.306 e. The lowest BCUT2D eigenvalue weighted by atomic mass is 9.82. The highest BCUT2D eigenvalue weighted by Gasteiger charge is 2.26. The van der Waals surface area contributed by atoms with Crippen molar-refractivity contribution in [3.63, 3.8) is 0 Å². The molecular weight excluding hydrogens is 292 g/mol. The van der Waals surface area contributed by atoms with Gasteiger partial charge < -0.3 is 9.84 Å². The summed E-state index contributed by atoms with van der Waals surface area (Å²) in [5.74, 6) is 0.466. The molecule has 0 unspecified atom stereocenters. The number of aromatic nitrogens is 2. The van der Waals surface area contributed by atoms with Crippen LogP contribution in [0.25, 0.3) is 0 Å². The maximum absolute atomic E-state index is 11.0. The van der Waals surface area contributed by atoms with Gasteiger partial charge in [0.15, 0.2) is 5.75 Å². The van der Waals surface area contributed by atoms with Crippen molar-refractivity contribution in [3.8, 4) is 5.75 Å². The third kappa shape index (κ3) is 4.34. The zero-order valence-corrected chi connectivity index (χ0v) is 13.1. The van der Waals surface area contributed by atoms with Crippen molar-refractivity contribution in [2.45, 2.75) is 38.8 Å². The van der Waals surface area contributed by atoms with Crippen molar-refractivity contribution >= 4 is 5.97 Å². The summed E-state index contributed by atoms with van der Waals surface area (Å²) in [6.45, 7) is 1.37. The quantitative estimate of drug-likeness (QED) is 0.888. The van der Waals surface area contributed by atoms with Gasteiger partial charge in [-0.25, -0.2) is 0 Å². The zero-order valence-electron chi connectivity index (χ0n) is 13.1. The summed E-state index contributed by atoms with van der Waals surface area (Å²) in [7, 11) is 0. The Labute approximate surface area is 135 Å². The maximum Gasteiger partial charge on any atom is 0.306 e. The predicted octanol–water partition coefficient (Wildman–Crippen LogP) is 3.35. The first kappa shape index (κ1) is 15.6. The average Bonchev–Trinajstić information content (AvgIpc) is 3.02. The van der Waals surface area contributed by atoms with Crippen LogP contribution in [0.1, 0.15) is 31.2 Å². The van der Waals surface area contributed by atoms with Gasteiger partial charge >= 0.3 is 5.97 Å². The molecule has 0 spiro atoms. The molecule has 0 aliphatic heterocycles. The summed E-state index contributed by atoms with van der Waals surface area (Å²) in [6.07, 6.45) is 7.13. The van der Waals surface area contributed by atoms with E-state index in [4.69, 9.17) is 9.84 Å². The van der Waals surface area contributed by atoms with Crippen LogP contribution in [0, 0.1) is 11.8 Å². The summed E-state index contributed by atoms with van der Waals surface area (Å²) in [5.41, 5.74) is 1.13. The molecule has 1 saturated carbocycles. The topological polar surface area (TPSA) is 64.3 Å². The fraction of sp³-hybridized carbons (Fsp3) is 0.444. The number of rotatable bonds is 6. The van der Waals surface area contributed by atoms with E-state index >= 15 is 0 Å². The van der Waals surface area contributed by atoms with Crippen LogP contribution < -0.4 is 4.74 Å². The molecule has 1 fully saturated rings. The highest BCUT2D eigenvalue weighted by Crippen LogP contribution is 2.30. The largest absolute Gasteiger partial charge is 0.486 e. The predicted molar refractivity (Wildman–Crippen MR) is 86.1 cm³/mol. The molecule has 0 radical (unpaired) electrons. The van der Waals surface area contributed by atoms with E-state index in [1.54, 1.807) is 6.20 Å². The fourth-order valence-corrected chi connectivity index (χ4v) is 3.12. The van der Waals surface area contributed by atoms with Crippen LogP contribution in [0.4, 0.5) is 0 Å². The summed E-state index contributed by atoms with van der Waals surface area (Å²) in [6, 6.07) is 10.0. The minimum Gasteiger partial charge on any atom is -0.486 e. The SMILES string of the molecule is O=C(O)C1CCC(Cn2cc(OCc3ccccc3)cn2)CC1. The van der Waals surface area contributed by atoms with Crippen molar-refractivity contribution in [3.05, 3.63) is 48.3 Å². The van der Waals surface area contributed by atoms with Gasteiger partial charge in [-0.1, -0.05) is 30.3 Å². The van der Waals surface area contributed by atoms with Crippen LogP contribution in [0.2, 0.25) is 0 Å². The number of hydrogen-bond acceptors (Lipinski definition) is 3. The van der Waals surface area contributed by atoms with Crippen molar-refractivity contribution in [1.29, 1.82) is 0 Å². The molecule has 1 aliphatic rings. The van der Waals surface area contributed by atoms with Gasteiger partial charge in [0, 0.05) is 6.54 Å². The lowest BCUT2D eigenvalue weighted by Gasteiger charge is -2.25. The summed E-state index contributed by atoms with van der Waals surface area (Å²) < 4.78 is 7.66. The van der Waals surface area contributed by atoms with Gasteiger partial charge in [-0.2, -0.15) is 5.10 Å². The lowest BCUT2D eigenvalue weighted by molar-refractivity contribution is -0.143. The molecule has 5 nitrogen and oxygen atoms in total. The molecule has 2 aromatic rings. The number of benzene rings is 1. The zero-order chi connectivity index (χ0) is 16.1. The molecule has 1 heterocycles. The Morgan fingerprint density at radius 3 is 2.65 bits per heavy atom. The normalized spacial score (nSPS) is 21.0. The fourth-order valence-electron chi connectivity index (χ4n) is 3.12. The monoisotopic (exact) mass is 314 g/mol. The molecule has 5 heteroatoms. The van der Waals surface area contributed by atoms with Crippen molar-refractivity contribution < 1.29 is 14.6 Å². The van der Waals surface area contributed by atoms with Gasteiger partial charge in [0.25, 0.3) is 0 Å². The Kier molecular flexibility index (Phi) is 4.95. The summed E-state index contributed by atoms with van der Waals surface area (Å²) in [5, 5.41) is 13.4. The first-order valence-corrected chi connectivity index (χ1v) is 8.12. The molecule has 23 heavy (non-hydrogen) atoms. The van der Waals surface area contributed by atoms with Crippen LogP contribution in [0.5, 0.6) is 5.75 Å². The van der Waals surface area contributed by atoms with E-state index in [1.165, 1.54) is 0 Å². The minimum absolute atomic E-state index is 0.159. The van der Waals surface area contributed by atoms with E-state index in [0.717, 1.165) is 43.5 Å². The van der Waals surface area contributed by atoms with Crippen LogP contribution in [0.15, 0.2) is 42.7 Å². The van der Waals surface area contributed by atoms with Crippen LogP contribution >= 0.6 is 0 Å². The van der Waals surface area contributed by atoms with E-state index in [-0.39, 0.29) is 5.92 Å². The third-order valence-corrected chi connectivity index (χ3v) is 4.50. The van der Waals surface area contributed by atoms with Gasteiger partial charge in [0.05, 0.1) is 18.3 Å². The van der Waals surface area contributed by atoms with Crippen LogP contribution in [0.3, 0.4) is 0 Å². The highest BCUT2D eigenvalue weighted by atomic mass is 16.5. The number of nitrogens with zero attached hydrogens (tertiary/aromatic N) is 2. The Hall–Kier alpha value is -2.30.